The molecule has 0 bridgehead atoms. The van der Waals surface area contributed by atoms with Crippen LogP contribution in [0.4, 0.5) is 18.9 Å². The first-order valence-corrected chi connectivity index (χ1v) is 6.56. The van der Waals surface area contributed by atoms with Crippen LogP contribution in [0.2, 0.25) is 0 Å². The van der Waals surface area contributed by atoms with Crippen molar-refractivity contribution in [2.45, 2.75) is 12.6 Å². The molecular formula is C14H13F3N2OS. The Balaban J connectivity index is 2.13. The number of rotatable bonds is 5. The Morgan fingerprint density at radius 1 is 1.29 bits per heavy atom. The summed E-state index contributed by atoms with van der Waals surface area (Å²) >= 11 is 4.81. The Morgan fingerprint density at radius 3 is 2.62 bits per heavy atom. The van der Waals surface area contributed by atoms with Gasteiger partial charge in [-0.3, -0.25) is 0 Å². The molecule has 1 aromatic heterocycles. The highest BCUT2D eigenvalue weighted by molar-refractivity contribution is 7.80. The summed E-state index contributed by atoms with van der Waals surface area (Å²) in [6.07, 6.45) is -2.26. The first-order valence-electron chi connectivity index (χ1n) is 6.15. The van der Waals surface area contributed by atoms with Crippen LogP contribution >= 0.6 is 12.2 Å². The van der Waals surface area contributed by atoms with Crippen LogP contribution in [0.3, 0.4) is 0 Å². The molecule has 0 atom stereocenters. The molecule has 2 aromatic rings. The standard InChI is InChI=1S/C14H13F3N2OS/c15-14(16,17)9-3-4-12(11(8-9)13(18)21)19-6-5-10-2-1-7-20-10/h1-4,7-8,19H,5-6H2,(H2,18,21). The normalized spacial score (nSPS) is 11.4. The Labute approximate surface area is 124 Å². The largest absolute Gasteiger partial charge is 0.469 e. The highest BCUT2D eigenvalue weighted by atomic mass is 32.1. The second-order valence-electron chi connectivity index (χ2n) is 4.38. The molecule has 7 heteroatoms. The number of thiocarbonyl (C=S) groups is 1. The second-order valence-corrected chi connectivity index (χ2v) is 4.82. The zero-order chi connectivity index (χ0) is 15.5. The Hall–Kier alpha value is -2.02. The summed E-state index contributed by atoms with van der Waals surface area (Å²) < 4.78 is 43.2. The van der Waals surface area contributed by atoms with Gasteiger partial charge in [-0.1, -0.05) is 12.2 Å². The first-order chi connectivity index (χ1) is 9.88. The minimum Gasteiger partial charge on any atom is -0.469 e. The molecule has 0 spiro atoms. The smallest absolute Gasteiger partial charge is 0.416 e. The molecule has 0 unspecified atom stereocenters. The van der Waals surface area contributed by atoms with Gasteiger partial charge in [-0.2, -0.15) is 13.2 Å². The van der Waals surface area contributed by atoms with E-state index in [0.717, 1.165) is 17.9 Å². The fourth-order valence-electron chi connectivity index (χ4n) is 1.85. The lowest BCUT2D eigenvalue weighted by molar-refractivity contribution is -0.137. The van der Waals surface area contributed by atoms with Crippen molar-refractivity contribution in [2.75, 3.05) is 11.9 Å². The summed E-state index contributed by atoms with van der Waals surface area (Å²) in [6, 6.07) is 6.88. The van der Waals surface area contributed by atoms with Gasteiger partial charge < -0.3 is 15.5 Å². The van der Waals surface area contributed by atoms with Crippen molar-refractivity contribution in [3.8, 4) is 0 Å². The molecule has 1 heterocycles. The van der Waals surface area contributed by atoms with Gasteiger partial charge in [0, 0.05) is 24.2 Å². The monoisotopic (exact) mass is 314 g/mol. The van der Waals surface area contributed by atoms with Crippen molar-refractivity contribution in [3.63, 3.8) is 0 Å². The quantitative estimate of drug-likeness (QED) is 0.828. The van der Waals surface area contributed by atoms with Crippen molar-refractivity contribution in [3.05, 3.63) is 53.5 Å². The summed E-state index contributed by atoms with van der Waals surface area (Å²) in [4.78, 5) is -0.0819. The average Bonchev–Trinajstić information content (AvgIpc) is 2.90. The zero-order valence-electron chi connectivity index (χ0n) is 10.9. The van der Waals surface area contributed by atoms with Gasteiger partial charge in [0.2, 0.25) is 0 Å². The van der Waals surface area contributed by atoms with E-state index >= 15 is 0 Å². The maximum Gasteiger partial charge on any atom is 0.416 e. The lowest BCUT2D eigenvalue weighted by Gasteiger charge is -2.14. The number of alkyl halides is 3. The van der Waals surface area contributed by atoms with Crippen molar-refractivity contribution in [1.29, 1.82) is 0 Å². The maximum absolute atomic E-state index is 12.7. The molecule has 21 heavy (non-hydrogen) atoms. The third-order valence-electron chi connectivity index (χ3n) is 2.88. The molecule has 0 saturated heterocycles. The fraction of sp³-hybridized carbons (Fsp3) is 0.214. The van der Waals surface area contributed by atoms with Crippen molar-refractivity contribution < 1.29 is 17.6 Å². The molecule has 0 aliphatic heterocycles. The molecule has 1 aromatic carbocycles. The first kappa shape index (κ1) is 15.4. The predicted octanol–water partition coefficient (Wildman–Crippen LogP) is 3.59. The molecule has 0 radical (unpaired) electrons. The van der Waals surface area contributed by atoms with Crippen molar-refractivity contribution in [1.82, 2.24) is 0 Å². The molecule has 0 amide bonds. The molecule has 112 valence electrons. The minimum absolute atomic E-state index is 0.0819. The average molecular weight is 314 g/mol. The third kappa shape index (κ3) is 3.98. The number of halogens is 3. The van der Waals surface area contributed by atoms with Crippen LogP contribution in [0.5, 0.6) is 0 Å². The number of nitrogens with one attached hydrogen (secondary N) is 1. The highest BCUT2D eigenvalue weighted by Gasteiger charge is 2.31. The van der Waals surface area contributed by atoms with Crippen molar-refractivity contribution in [2.24, 2.45) is 5.73 Å². The maximum atomic E-state index is 12.7. The molecule has 0 aliphatic rings. The summed E-state index contributed by atoms with van der Waals surface area (Å²) in [6.45, 7) is 0.495. The van der Waals surface area contributed by atoms with Gasteiger partial charge >= 0.3 is 6.18 Å². The summed E-state index contributed by atoms with van der Waals surface area (Å²) in [7, 11) is 0. The second kappa shape index (κ2) is 6.17. The molecule has 3 N–H and O–H groups in total. The molecule has 3 nitrogen and oxygen atoms in total. The zero-order valence-corrected chi connectivity index (χ0v) is 11.7. The number of nitrogens with two attached hydrogens (primary N) is 1. The molecule has 0 saturated carbocycles. The van der Waals surface area contributed by atoms with Crippen LogP contribution in [0.15, 0.2) is 41.0 Å². The fourth-order valence-corrected chi connectivity index (χ4v) is 2.02. The lowest BCUT2D eigenvalue weighted by atomic mass is 10.1. The van der Waals surface area contributed by atoms with E-state index in [-0.39, 0.29) is 10.6 Å². The topological polar surface area (TPSA) is 51.2 Å². The SMILES string of the molecule is NC(=S)c1cc(C(F)(F)F)ccc1NCCc1ccco1. The Morgan fingerprint density at radius 2 is 2.05 bits per heavy atom. The molecule has 2 rings (SSSR count). The summed E-state index contributed by atoms with van der Waals surface area (Å²) in [5, 5.41) is 3.02. The van der Waals surface area contributed by atoms with E-state index in [0.29, 0.717) is 18.7 Å². The number of hydrogen-bond donors (Lipinski definition) is 2. The van der Waals surface area contributed by atoms with E-state index in [1.54, 1.807) is 12.3 Å². The van der Waals surface area contributed by atoms with Gasteiger partial charge in [0.1, 0.15) is 10.7 Å². The van der Waals surface area contributed by atoms with E-state index in [9.17, 15) is 13.2 Å². The van der Waals surface area contributed by atoms with E-state index in [1.807, 2.05) is 6.07 Å². The van der Waals surface area contributed by atoms with E-state index in [2.05, 4.69) is 5.32 Å². The lowest BCUT2D eigenvalue weighted by Crippen LogP contribution is -2.16. The molecular weight excluding hydrogens is 301 g/mol. The van der Waals surface area contributed by atoms with Crippen LogP contribution in [-0.4, -0.2) is 11.5 Å². The Kier molecular flexibility index (Phi) is 4.52. The van der Waals surface area contributed by atoms with E-state index in [4.69, 9.17) is 22.4 Å². The van der Waals surface area contributed by atoms with Crippen LogP contribution in [0.1, 0.15) is 16.9 Å². The minimum atomic E-state index is -4.42. The van der Waals surface area contributed by atoms with Gasteiger partial charge in [0.25, 0.3) is 0 Å². The Bertz CT molecular complexity index is 624. The van der Waals surface area contributed by atoms with Crippen LogP contribution < -0.4 is 11.1 Å². The highest BCUT2D eigenvalue weighted by Crippen LogP contribution is 2.31. The van der Waals surface area contributed by atoms with Gasteiger partial charge in [-0.25, -0.2) is 0 Å². The number of furan rings is 1. The third-order valence-corrected chi connectivity index (χ3v) is 3.10. The molecule has 0 aliphatic carbocycles. The van der Waals surface area contributed by atoms with Gasteiger partial charge in [-0.05, 0) is 30.3 Å². The molecule has 0 fully saturated rings. The van der Waals surface area contributed by atoms with Gasteiger partial charge in [0.05, 0.1) is 11.8 Å². The van der Waals surface area contributed by atoms with Crippen LogP contribution in [-0.2, 0) is 12.6 Å². The number of anilines is 1. The van der Waals surface area contributed by atoms with E-state index in [1.165, 1.54) is 6.07 Å². The van der Waals surface area contributed by atoms with Crippen molar-refractivity contribution >= 4 is 22.9 Å². The van der Waals surface area contributed by atoms with E-state index < -0.39 is 11.7 Å². The summed E-state index contributed by atoms with van der Waals surface area (Å²) in [5.41, 5.74) is 5.38. The number of benzene rings is 1. The van der Waals surface area contributed by atoms with Gasteiger partial charge in [0.15, 0.2) is 0 Å². The van der Waals surface area contributed by atoms with Crippen LogP contribution in [0, 0.1) is 0 Å². The number of hydrogen-bond acceptors (Lipinski definition) is 3. The van der Waals surface area contributed by atoms with Gasteiger partial charge in [-0.15, -0.1) is 0 Å². The predicted molar refractivity (Wildman–Crippen MR) is 78.2 cm³/mol. The van der Waals surface area contributed by atoms with Crippen LogP contribution in [0.25, 0.3) is 0 Å². The summed E-state index contributed by atoms with van der Waals surface area (Å²) in [5.74, 6) is 0.784.